The van der Waals surface area contributed by atoms with E-state index < -0.39 is 8.32 Å². The third-order valence-corrected chi connectivity index (χ3v) is 8.66. The monoisotopic (exact) mass is 320 g/mol. The van der Waals surface area contributed by atoms with Crippen LogP contribution in [0.2, 0.25) is 23.2 Å². The molecule has 0 fully saturated rings. The Kier molecular flexibility index (Phi) is 4.14. The fourth-order valence-electron chi connectivity index (χ4n) is 0.988. The van der Waals surface area contributed by atoms with Crippen LogP contribution in [0.15, 0.2) is 22.7 Å². The van der Waals surface area contributed by atoms with Gasteiger partial charge in [-0.2, -0.15) is 0 Å². The fourth-order valence-corrected chi connectivity index (χ4v) is 2.43. The van der Waals surface area contributed by atoms with Crippen molar-refractivity contribution in [2.75, 3.05) is 0 Å². The van der Waals surface area contributed by atoms with E-state index in [9.17, 15) is 0 Å². The second kappa shape index (κ2) is 4.71. The van der Waals surface area contributed by atoms with E-state index in [0.717, 1.165) is 10.2 Å². The molecule has 0 atom stereocenters. The molecule has 90 valence electrons. The van der Waals surface area contributed by atoms with Crippen molar-refractivity contribution in [2.24, 2.45) is 0 Å². The molecule has 0 aromatic heterocycles. The molecule has 1 aromatic rings. The van der Waals surface area contributed by atoms with E-state index in [1.54, 1.807) is 0 Å². The van der Waals surface area contributed by atoms with Crippen LogP contribution < -0.4 is 4.43 Å². The quantitative estimate of drug-likeness (QED) is 0.655. The molecule has 0 unspecified atom stereocenters. The maximum atomic E-state index is 6.14. The zero-order valence-electron chi connectivity index (χ0n) is 10.4. The minimum absolute atomic E-state index is 0.201. The first-order valence-electron chi connectivity index (χ1n) is 5.27. The average molecular weight is 322 g/mol. The van der Waals surface area contributed by atoms with Crippen molar-refractivity contribution in [3.63, 3.8) is 0 Å². The third-order valence-electron chi connectivity index (χ3n) is 3.07. The van der Waals surface area contributed by atoms with Gasteiger partial charge in [0.05, 0.1) is 5.02 Å². The van der Waals surface area contributed by atoms with Gasteiger partial charge in [0.15, 0.2) is 0 Å². The lowest BCUT2D eigenvalue weighted by Crippen LogP contribution is -2.43. The Morgan fingerprint density at radius 3 is 2.25 bits per heavy atom. The van der Waals surface area contributed by atoms with E-state index in [4.69, 9.17) is 16.0 Å². The van der Waals surface area contributed by atoms with Gasteiger partial charge in [-0.15, -0.1) is 0 Å². The topological polar surface area (TPSA) is 9.23 Å². The van der Waals surface area contributed by atoms with E-state index >= 15 is 0 Å². The number of hydrogen-bond acceptors (Lipinski definition) is 1. The molecule has 0 aliphatic carbocycles. The molecule has 0 N–H and O–H groups in total. The maximum absolute atomic E-state index is 6.14. The van der Waals surface area contributed by atoms with Gasteiger partial charge in [0.25, 0.3) is 0 Å². The Morgan fingerprint density at radius 1 is 1.25 bits per heavy atom. The SMILES string of the molecule is CC(C)(C)[Si](C)(C)Oc1ccc(Br)c(Cl)c1. The Morgan fingerprint density at radius 2 is 1.81 bits per heavy atom. The second-order valence-corrected chi connectivity index (χ2v) is 11.4. The van der Waals surface area contributed by atoms with E-state index in [0.29, 0.717) is 5.02 Å². The summed E-state index contributed by atoms with van der Waals surface area (Å²) in [6.07, 6.45) is 0. The van der Waals surface area contributed by atoms with Gasteiger partial charge in [0, 0.05) is 4.47 Å². The number of hydrogen-bond donors (Lipinski definition) is 0. The summed E-state index contributed by atoms with van der Waals surface area (Å²) in [6.45, 7) is 11.1. The molecular weight excluding hydrogens is 304 g/mol. The maximum Gasteiger partial charge on any atom is 0.250 e. The summed E-state index contributed by atoms with van der Waals surface area (Å²) < 4.78 is 7.04. The number of halogens is 2. The Hall–Kier alpha value is 0.00688. The van der Waals surface area contributed by atoms with Crippen molar-refractivity contribution in [1.82, 2.24) is 0 Å². The van der Waals surface area contributed by atoms with Crippen molar-refractivity contribution in [3.8, 4) is 5.75 Å². The van der Waals surface area contributed by atoms with Gasteiger partial charge in [0.2, 0.25) is 8.32 Å². The summed E-state index contributed by atoms with van der Waals surface area (Å²) in [5, 5.41) is 0.892. The molecule has 0 amide bonds. The zero-order chi connectivity index (χ0) is 12.6. The number of rotatable bonds is 2. The highest BCUT2D eigenvalue weighted by atomic mass is 79.9. The summed E-state index contributed by atoms with van der Waals surface area (Å²) in [5.41, 5.74) is 0. The molecule has 1 rings (SSSR count). The Balaban J connectivity index is 2.93. The summed E-state index contributed by atoms with van der Waals surface area (Å²) >= 11 is 9.42. The fraction of sp³-hybridized carbons (Fsp3) is 0.500. The summed E-state index contributed by atoms with van der Waals surface area (Å²) in [5.74, 6) is 0.861. The third kappa shape index (κ3) is 3.25. The van der Waals surface area contributed by atoms with Crippen molar-refractivity contribution >= 4 is 35.8 Å². The molecule has 0 bridgehead atoms. The molecule has 1 nitrogen and oxygen atoms in total. The average Bonchev–Trinajstić information content (AvgIpc) is 2.09. The van der Waals surface area contributed by atoms with Gasteiger partial charge in [-0.3, -0.25) is 0 Å². The normalized spacial score (nSPS) is 12.7. The highest BCUT2D eigenvalue weighted by Gasteiger charge is 2.38. The van der Waals surface area contributed by atoms with Crippen LogP contribution in [0.1, 0.15) is 20.8 Å². The molecule has 0 spiro atoms. The smallest absolute Gasteiger partial charge is 0.250 e. The van der Waals surface area contributed by atoms with Crippen LogP contribution in [-0.2, 0) is 0 Å². The Labute approximate surface area is 112 Å². The molecule has 0 saturated carbocycles. The first-order valence-corrected chi connectivity index (χ1v) is 9.35. The first-order chi connectivity index (χ1) is 7.13. The van der Waals surface area contributed by atoms with Crippen LogP contribution in [0.5, 0.6) is 5.75 Å². The summed E-state index contributed by atoms with van der Waals surface area (Å²) in [4.78, 5) is 0. The summed E-state index contributed by atoms with van der Waals surface area (Å²) in [6, 6.07) is 5.74. The standard InChI is InChI=1S/C12H18BrClOSi/c1-12(2,3)16(4,5)15-9-6-7-10(13)11(14)8-9/h6-8H,1-5H3. The van der Waals surface area contributed by atoms with Gasteiger partial charge >= 0.3 is 0 Å². The number of benzene rings is 1. The van der Waals surface area contributed by atoms with Crippen LogP contribution in [0, 0.1) is 0 Å². The largest absolute Gasteiger partial charge is 0.543 e. The van der Waals surface area contributed by atoms with E-state index in [1.807, 2.05) is 18.2 Å². The lowest BCUT2D eigenvalue weighted by atomic mass is 10.2. The lowest BCUT2D eigenvalue weighted by molar-refractivity contribution is 0.492. The Bertz CT molecular complexity index is 385. The van der Waals surface area contributed by atoms with Gasteiger partial charge in [-0.05, 0) is 52.3 Å². The van der Waals surface area contributed by atoms with Crippen LogP contribution >= 0.6 is 27.5 Å². The molecule has 16 heavy (non-hydrogen) atoms. The van der Waals surface area contributed by atoms with Gasteiger partial charge in [0.1, 0.15) is 5.75 Å². The zero-order valence-corrected chi connectivity index (χ0v) is 13.7. The lowest BCUT2D eigenvalue weighted by Gasteiger charge is -2.36. The molecule has 0 saturated heterocycles. The second-order valence-electron chi connectivity index (χ2n) is 5.44. The molecule has 0 aliphatic heterocycles. The van der Waals surface area contributed by atoms with Crippen LogP contribution in [0.25, 0.3) is 0 Å². The van der Waals surface area contributed by atoms with Gasteiger partial charge in [-0.1, -0.05) is 32.4 Å². The van der Waals surface area contributed by atoms with Crippen LogP contribution in [0.3, 0.4) is 0 Å². The molecule has 4 heteroatoms. The molecule has 0 radical (unpaired) electrons. The van der Waals surface area contributed by atoms with Crippen molar-refractivity contribution < 1.29 is 4.43 Å². The van der Waals surface area contributed by atoms with Crippen molar-refractivity contribution in [3.05, 3.63) is 27.7 Å². The van der Waals surface area contributed by atoms with Crippen molar-refractivity contribution in [1.29, 1.82) is 0 Å². The predicted molar refractivity (Wildman–Crippen MR) is 77.0 cm³/mol. The minimum Gasteiger partial charge on any atom is -0.543 e. The van der Waals surface area contributed by atoms with E-state index in [1.165, 1.54) is 0 Å². The van der Waals surface area contributed by atoms with Crippen LogP contribution in [-0.4, -0.2) is 8.32 Å². The molecular formula is C12H18BrClOSi. The van der Waals surface area contributed by atoms with Crippen LogP contribution in [0.4, 0.5) is 0 Å². The molecule has 1 aromatic carbocycles. The van der Waals surface area contributed by atoms with Crippen molar-refractivity contribution in [2.45, 2.75) is 38.9 Å². The van der Waals surface area contributed by atoms with E-state index in [2.05, 4.69) is 49.8 Å². The molecule has 0 heterocycles. The van der Waals surface area contributed by atoms with E-state index in [-0.39, 0.29) is 5.04 Å². The summed E-state index contributed by atoms with van der Waals surface area (Å²) in [7, 11) is -1.76. The van der Waals surface area contributed by atoms with Gasteiger partial charge in [-0.25, -0.2) is 0 Å². The first kappa shape index (κ1) is 14.1. The van der Waals surface area contributed by atoms with Gasteiger partial charge < -0.3 is 4.43 Å². The molecule has 0 aliphatic rings. The predicted octanol–water partition coefficient (Wildman–Crippen LogP) is 5.49. The minimum atomic E-state index is -1.76. The highest BCUT2D eigenvalue weighted by Crippen LogP contribution is 2.38. The highest BCUT2D eigenvalue weighted by molar-refractivity contribution is 9.10.